The average molecular weight is 323 g/mol. The number of nitrogens with zero attached hydrogens (tertiary/aromatic N) is 2. The molecule has 1 aromatic heterocycles. The van der Waals surface area contributed by atoms with E-state index in [-0.39, 0.29) is 17.9 Å². The highest BCUT2D eigenvalue weighted by Gasteiger charge is 2.14. The number of benzene rings is 1. The molecule has 0 atom stereocenters. The van der Waals surface area contributed by atoms with Crippen LogP contribution >= 0.6 is 11.8 Å². The summed E-state index contributed by atoms with van der Waals surface area (Å²) in [5, 5.41) is 26.5. The highest BCUT2D eigenvalue weighted by atomic mass is 32.2. The predicted molar refractivity (Wildman–Crippen MR) is 74.5 cm³/mol. The molecule has 0 bridgehead atoms. The van der Waals surface area contributed by atoms with Gasteiger partial charge in [0.05, 0.1) is 10.8 Å². The molecule has 1 amide bonds. The second-order valence-electron chi connectivity index (χ2n) is 4.32. The third-order valence-electron chi connectivity index (χ3n) is 2.68. The van der Waals surface area contributed by atoms with Crippen LogP contribution in [0, 0.1) is 0 Å². The molecular formula is C13H13N3O5S. The van der Waals surface area contributed by atoms with Crippen molar-refractivity contribution < 1.29 is 29.0 Å². The number of thioether (sulfide) groups is 1. The quantitative estimate of drug-likeness (QED) is 0.583. The van der Waals surface area contributed by atoms with Crippen LogP contribution in [0.15, 0.2) is 33.8 Å². The molecule has 0 unspecified atom stereocenters. The van der Waals surface area contributed by atoms with Gasteiger partial charge >= 0.3 is 5.97 Å². The van der Waals surface area contributed by atoms with Gasteiger partial charge in [-0.2, -0.15) is 0 Å². The number of aryl methyl sites for hydroxylation is 1. The van der Waals surface area contributed by atoms with Crippen LogP contribution in [0.5, 0.6) is 5.95 Å². The van der Waals surface area contributed by atoms with Gasteiger partial charge in [0.25, 0.3) is 5.03 Å². The van der Waals surface area contributed by atoms with Gasteiger partial charge in [0.15, 0.2) is 13.0 Å². The zero-order chi connectivity index (χ0) is 16.1. The molecule has 2 aromatic rings. The van der Waals surface area contributed by atoms with Crippen molar-refractivity contribution in [3.63, 3.8) is 0 Å². The second kappa shape index (κ2) is 6.94. The number of carboxylic acid groups (broad SMARTS) is 1. The lowest BCUT2D eigenvalue weighted by molar-refractivity contribution is -0.772. The van der Waals surface area contributed by atoms with Gasteiger partial charge in [-0.25, -0.2) is 4.79 Å². The van der Waals surface area contributed by atoms with E-state index in [0.717, 1.165) is 0 Å². The first-order valence-corrected chi connectivity index (χ1v) is 7.25. The monoisotopic (exact) mass is 323 g/mol. The molecule has 0 fully saturated rings. The van der Waals surface area contributed by atoms with Crippen molar-refractivity contribution in [1.82, 2.24) is 5.27 Å². The number of rotatable bonds is 6. The maximum atomic E-state index is 11.8. The first kappa shape index (κ1) is 15.8. The molecule has 116 valence electrons. The van der Waals surface area contributed by atoms with Gasteiger partial charge in [0.1, 0.15) is 0 Å². The summed E-state index contributed by atoms with van der Waals surface area (Å²) in [5.41, 5.74) is 0.509. The van der Waals surface area contributed by atoms with Gasteiger partial charge in [-0.3, -0.25) is 4.79 Å². The lowest BCUT2D eigenvalue weighted by Gasteiger charge is -2.05. The summed E-state index contributed by atoms with van der Waals surface area (Å²) in [5.74, 6) is -1.51. The average Bonchev–Trinajstić information content (AvgIpc) is 2.79. The predicted octanol–water partition coefficient (Wildman–Crippen LogP) is 0.392. The third kappa shape index (κ3) is 3.98. The number of carboxylic acids is 1. The van der Waals surface area contributed by atoms with E-state index in [4.69, 9.17) is 5.11 Å². The summed E-state index contributed by atoms with van der Waals surface area (Å²) in [6.45, 7) is 0. The normalized spacial score (nSPS) is 10.4. The molecular weight excluding hydrogens is 310 g/mol. The number of nitrogens with one attached hydrogen (secondary N) is 1. The Hall–Kier alpha value is -2.55. The number of carbonyl (C=O) groups is 2. The molecule has 1 heterocycles. The minimum Gasteiger partial charge on any atom is -0.538 e. The third-order valence-corrected chi connectivity index (χ3v) is 3.79. The lowest BCUT2D eigenvalue weighted by Crippen LogP contribution is -2.32. The van der Waals surface area contributed by atoms with E-state index < -0.39 is 11.9 Å². The summed E-state index contributed by atoms with van der Waals surface area (Å²) in [6, 6.07) is 5.97. The molecule has 22 heavy (non-hydrogen) atoms. The summed E-state index contributed by atoms with van der Waals surface area (Å²) in [6.07, 6.45) is 0.159. The minimum absolute atomic E-state index is 0.0969. The molecule has 0 saturated carbocycles. The smallest absolute Gasteiger partial charge is 0.335 e. The minimum atomic E-state index is -1.06. The van der Waals surface area contributed by atoms with Gasteiger partial charge in [-0.05, 0) is 18.2 Å². The van der Waals surface area contributed by atoms with Gasteiger partial charge < -0.3 is 20.1 Å². The highest BCUT2D eigenvalue weighted by Crippen LogP contribution is 2.22. The fraction of sp³-hybridized carbons (Fsp3) is 0.231. The van der Waals surface area contributed by atoms with Crippen molar-refractivity contribution in [3.05, 3.63) is 29.8 Å². The molecule has 2 rings (SSSR count). The Kier molecular flexibility index (Phi) is 4.99. The van der Waals surface area contributed by atoms with Gasteiger partial charge in [0, 0.05) is 17.9 Å². The molecule has 0 aliphatic heterocycles. The molecule has 2 N–H and O–H groups in total. The topological polar surface area (TPSA) is 119 Å². The van der Waals surface area contributed by atoms with Gasteiger partial charge in [-0.15, -0.1) is 0 Å². The van der Waals surface area contributed by atoms with E-state index in [0.29, 0.717) is 16.5 Å². The summed E-state index contributed by atoms with van der Waals surface area (Å²) < 4.78 is 5.77. The Morgan fingerprint density at radius 3 is 2.91 bits per heavy atom. The van der Waals surface area contributed by atoms with Crippen LogP contribution in [0.3, 0.4) is 0 Å². The second-order valence-corrected chi connectivity index (χ2v) is 5.41. The lowest BCUT2D eigenvalue weighted by atomic mass is 10.2. The first-order valence-electron chi connectivity index (χ1n) is 6.26. The largest absolute Gasteiger partial charge is 0.538 e. The Bertz CT molecular complexity index is 681. The van der Waals surface area contributed by atoms with Crippen molar-refractivity contribution in [3.8, 4) is 5.95 Å². The summed E-state index contributed by atoms with van der Waals surface area (Å²) in [4.78, 5) is 22.6. The Morgan fingerprint density at radius 2 is 2.27 bits per heavy atom. The van der Waals surface area contributed by atoms with E-state index in [1.807, 2.05) is 0 Å². The molecule has 9 heteroatoms. The van der Waals surface area contributed by atoms with Crippen molar-refractivity contribution in [2.24, 2.45) is 7.05 Å². The van der Waals surface area contributed by atoms with Crippen molar-refractivity contribution >= 4 is 29.3 Å². The Morgan fingerprint density at radius 1 is 1.50 bits per heavy atom. The standard InChI is InChI=1S/C13H13N3O5S/c1-16-11(13(20)21-15-16)22-6-5-10(17)14-9-4-2-3-8(7-9)12(18)19/h2-4,7H,5-6H2,1H3,(H2-,14,15,17,18,19,20). The maximum Gasteiger partial charge on any atom is 0.335 e. The number of anilines is 1. The molecule has 0 saturated heterocycles. The van der Waals surface area contributed by atoms with E-state index >= 15 is 0 Å². The number of hydrogen-bond donors (Lipinski definition) is 2. The number of carbonyl (C=O) groups excluding carboxylic acids is 1. The van der Waals surface area contributed by atoms with Crippen LogP contribution in [0.25, 0.3) is 0 Å². The van der Waals surface area contributed by atoms with Crippen molar-refractivity contribution in [1.29, 1.82) is 0 Å². The fourth-order valence-corrected chi connectivity index (χ4v) is 2.51. The van der Waals surface area contributed by atoms with E-state index in [1.54, 1.807) is 19.2 Å². The van der Waals surface area contributed by atoms with Crippen LogP contribution in [-0.4, -0.2) is 28.0 Å². The zero-order valence-corrected chi connectivity index (χ0v) is 12.4. The van der Waals surface area contributed by atoms with Crippen LogP contribution < -0.4 is 15.1 Å². The van der Waals surface area contributed by atoms with Crippen LogP contribution in [0.1, 0.15) is 16.8 Å². The van der Waals surface area contributed by atoms with Crippen molar-refractivity contribution in [2.75, 3.05) is 11.1 Å². The zero-order valence-electron chi connectivity index (χ0n) is 11.6. The van der Waals surface area contributed by atoms with E-state index in [2.05, 4.69) is 15.1 Å². The number of amides is 1. The number of hydrogen-bond acceptors (Lipinski definition) is 6. The summed E-state index contributed by atoms with van der Waals surface area (Å²) in [7, 11) is 1.57. The molecule has 0 radical (unpaired) electrons. The molecule has 0 aliphatic rings. The molecule has 0 aliphatic carbocycles. The fourth-order valence-electron chi connectivity index (χ4n) is 1.65. The molecule has 8 nitrogen and oxygen atoms in total. The van der Waals surface area contributed by atoms with E-state index in [9.17, 15) is 14.7 Å². The maximum absolute atomic E-state index is 11.8. The van der Waals surface area contributed by atoms with Crippen LogP contribution in [0.2, 0.25) is 0 Å². The number of aromatic carboxylic acids is 1. The Labute approximate surface area is 129 Å². The van der Waals surface area contributed by atoms with Crippen LogP contribution in [-0.2, 0) is 11.8 Å². The molecule has 1 aromatic carbocycles. The van der Waals surface area contributed by atoms with Crippen LogP contribution in [0.4, 0.5) is 5.69 Å². The molecule has 0 spiro atoms. The SMILES string of the molecule is C[n+]1noc([O-])c1SCCC(=O)Nc1cccc(C(=O)O)c1. The number of aromatic nitrogens is 2. The highest BCUT2D eigenvalue weighted by molar-refractivity contribution is 7.99. The van der Waals surface area contributed by atoms with Gasteiger partial charge in [-0.1, -0.05) is 22.5 Å². The Balaban J connectivity index is 1.86. The van der Waals surface area contributed by atoms with E-state index in [1.165, 1.54) is 28.6 Å². The van der Waals surface area contributed by atoms with Crippen molar-refractivity contribution in [2.45, 2.75) is 11.4 Å². The van der Waals surface area contributed by atoms with Gasteiger partial charge in [0.2, 0.25) is 5.91 Å². The first-order chi connectivity index (χ1) is 10.5. The summed E-state index contributed by atoms with van der Waals surface area (Å²) >= 11 is 1.17.